The molecule has 0 aliphatic heterocycles. The summed E-state index contributed by atoms with van der Waals surface area (Å²) in [7, 11) is 0. The Kier molecular flexibility index (Phi) is 15.9. The second-order valence-corrected chi connectivity index (χ2v) is 9.01. The SMILES string of the molecule is CCCCCCCCC(CCC)C(CCC)(OCC(C)C)OCC(C)C. The summed E-state index contributed by atoms with van der Waals surface area (Å²) in [6, 6.07) is 0. The van der Waals surface area contributed by atoms with Gasteiger partial charge in [0.05, 0.1) is 13.2 Å². The van der Waals surface area contributed by atoms with Gasteiger partial charge in [-0.25, -0.2) is 0 Å². The number of hydrogen-bond acceptors (Lipinski definition) is 2. The molecule has 0 saturated carbocycles. The van der Waals surface area contributed by atoms with Gasteiger partial charge >= 0.3 is 0 Å². The highest BCUT2D eigenvalue weighted by atomic mass is 16.7. The molecular formula is C24H50O2. The normalized spacial score (nSPS) is 13.7. The number of ether oxygens (including phenoxy) is 2. The van der Waals surface area contributed by atoms with Gasteiger partial charge in [-0.15, -0.1) is 0 Å². The van der Waals surface area contributed by atoms with E-state index >= 15 is 0 Å². The first kappa shape index (κ1) is 25.9. The van der Waals surface area contributed by atoms with Gasteiger partial charge in [0, 0.05) is 12.3 Å². The van der Waals surface area contributed by atoms with Crippen molar-refractivity contribution in [3.8, 4) is 0 Å². The van der Waals surface area contributed by atoms with Gasteiger partial charge in [-0.3, -0.25) is 0 Å². The fourth-order valence-corrected chi connectivity index (χ4v) is 3.69. The molecule has 1 unspecified atom stereocenters. The van der Waals surface area contributed by atoms with Gasteiger partial charge in [0.15, 0.2) is 5.79 Å². The van der Waals surface area contributed by atoms with Crippen molar-refractivity contribution in [1.82, 2.24) is 0 Å². The van der Waals surface area contributed by atoms with E-state index in [0.717, 1.165) is 26.1 Å². The molecule has 2 heteroatoms. The van der Waals surface area contributed by atoms with Crippen LogP contribution in [0.25, 0.3) is 0 Å². The molecule has 0 aliphatic rings. The largest absolute Gasteiger partial charge is 0.349 e. The van der Waals surface area contributed by atoms with E-state index in [9.17, 15) is 0 Å². The first-order valence-corrected chi connectivity index (χ1v) is 11.7. The lowest BCUT2D eigenvalue weighted by molar-refractivity contribution is -0.281. The summed E-state index contributed by atoms with van der Waals surface area (Å²) in [6.45, 7) is 17.4. The van der Waals surface area contributed by atoms with E-state index in [4.69, 9.17) is 9.47 Å². The molecule has 0 aromatic heterocycles. The third-order valence-corrected chi connectivity index (χ3v) is 5.09. The average molecular weight is 371 g/mol. The van der Waals surface area contributed by atoms with Gasteiger partial charge in [-0.1, -0.05) is 99.8 Å². The van der Waals surface area contributed by atoms with E-state index in [2.05, 4.69) is 48.5 Å². The molecule has 0 fully saturated rings. The summed E-state index contributed by atoms with van der Waals surface area (Å²) >= 11 is 0. The summed E-state index contributed by atoms with van der Waals surface area (Å²) in [4.78, 5) is 0. The minimum Gasteiger partial charge on any atom is -0.349 e. The lowest BCUT2D eigenvalue weighted by Gasteiger charge is -2.42. The lowest BCUT2D eigenvalue weighted by atomic mass is 9.85. The van der Waals surface area contributed by atoms with Crippen molar-refractivity contribution in [2.24, 2.45) is 17.8 Å². The van der Waals surface area contributed by atoms with Crippen LogP contribution >= 0.6 is 0 Å². The number of rotatable bonds is 18. The fourth-order valence-electron chi connectivity index (χ4n) is 3.69. The van der Waals surface area contributed by atoms with Crippen LogP contribution in [0.3, 0.4) is 0 Å². The molecule has 0 bridgehead atoms. The van der Waals surface area contributed by atoms with Crippen molar-refractivity contribution in [3.63, 3.8) is 0 Å². The van der Waals surface area contributed by atoms with E-state index in [-0.39, 0.29) is 5.79 Å². The minimum absolute atomic E-state index is 0.372. The van der Waals surface area contributed by atoms with Crippen molar-refractivity contribution in [3.05, 3.63) is 0 Å². The average Bonchev–Trinajstić information content (AvgIpc) is 2.59. The Morgan fingerprint density at radius 3 is 1.62 bits per heavy atom. The molecule has 0 radical (unpaired) electrons. The van der Waals surface area contributed by atoms with Gasteiger partial charge in [0.25, 0.3) is 0 Å². The molecule has 26 heavy (non-hydrogen) atoms. The monoisotopic (exact) mass is 370 g/mol. The molecule has 0 rings (SSSR count). The Balaban J connectivity index is 5.01. The maximum absolute atomic E-state index is 6.57. The van der Waals surface area contributed by atoms with Gasteiger partial charge in [-0.2, -0.15) is 0 Å². The summed E-state index contributed by atoms with van der Waals surface area (Å²) in [6.07, 6.45) is 14.0. The van der Waals surface area contributed by atoms with Crippen LogP contribution < -0.4 is 0 Å². The van der Waals surface area contributed by atoms with E-state index in [1.807, 2.05) is 0 Å². The summed E-state index contributed by atoms with van der Waals surface area (Å²) < 4.78 is 13.1. The molecule has 0 aromatic carbocycles. The predicted molar refractivity (Wildman–Crippen MR) is 116 cm³/mol. The van der Waals surface area contributed by atoms with Crippen LogP contribution in [0.2, 0.25) is 0 Å². The van der Waals surface area contributed by atoms with Gasteiger partial charge in [0.2, 0.25) is 0 Å². The first-order valence-electron chi connectivity index (χ1n) is 11.7. The summed E-state index contributed by atoms with van der Waals surface area (Å²) in [5.41, 5.74) is 0. The minimum atomic E-state index is -0.372. The molecule has 0 heterocycles. The van der Waals surface area contributed by atoms with Crippen molar-refractivity contribution in [2.75, 3.05) is 13.2 Å². The highest BCUT2D eigenvalue weighted by molar-refractivity contribution is 4.81. The van der Waals surface area contributed by atoms with Crippen molar-refractivity contribution in [1.29, 1.82) is 0 Å². The number of unbranched alkanes of at least 4 members (excludes halogenated alkanes) is 5. The third-order valence-electron chi connectivity index (χ3n) is 5.09. The van der Waals surface area contributed by atoms with Crippen LogP contribution in [0.5, 0.6) is 0 Å². The highest BCUT2D eigenvalue weighted by Crippen LogP contribution is 2.37. The van der Waals surface area contributed by atoms with Crippen LogP contribution in [0.1, 0.15) is 119 Å². The fraction of sp³-hybridized carbons (Fsp3) is 1.00. The van der Waals surface area contributed by atoms with Gasteiger partial charge in [0.1, 0.15) is 0 Å². The Labute approximate surface area is 165 Å². The molecule has 0 N–H and O–H groups in total. The maximum Gasteiger partial charge on any atom is 0.171 e. The summed E-state index contributed by atoms with van der Waals surface area (Å²) in [5.74, 6) is 1.24. The molecule has 0 saturated heterocycles. The van der Waals surface area contributed by atoms with E-state index in [1.54, 1.807) is 0 Å². The topological polar surface area (TPSA) is 18.5 Å². The molecule has 158 valence electrons. The smallest absolute Gasteiger partial charge is 0.171 e. The molecule has 0 spiro atoms. The molecule has 0 aromatic rings. The van der Waals surface area contributed by atoms with Gasteiger partial charge < -0.3 is 9.47 Å². The zero-order valence-corrected chi connectivity index (χ0v) is 19.2. The van der Waals surface area contributed by atoms with Crippen LogP contribution in [0.15, 0.2) is 0 Å². The van der Waals surface area contributed by atoms with Crippen LogP contribution in [0.4, 0.5) is 0 Å². The van der Waals surface area contributed by atoms with Crippen LogP contribution in [0, 0.1) is 17.8 Å². The molecule has 0 aliphatic carbocycles. The Morgan fingerprint density at radius 1 is 0.615 bits per heavy atom. The zero-order valence-electron chi connectivity index (χ0n) is 19.2. The molecule has 2 nitrogen and oxygen atoms in total. The second kappa shape index (κ2) is 15.9. The zero-order chi connectivity index (χ0) is 19.8. The Bertz CT molecular complexity index is 287. The summed E-state index contributed by atoms with van der Waals surface area (Å²) in [5, 5.41) is 0. The first-order chi connectivity index (χ1) is 12.4. The van der Waals surface area contributed by atoms with E-state index < -0.39 is 0 Å². The number of hydrogen-bond donors (Lipinski definition) is 0. The molecular weight excluding hydrogens is 320 g/mol. The lowest BCUT2D eigenvalue weighted by Crippen LogP contribution is -2.45. The van der Waals surface area contributed by atoms with Crippen LogP contribution in [-0.2, 0) is 9.47 Å². The Hall–Kier alpha value is -0.0800. The molecule has 0 amide bonds. The third kappa shape index (κ3) is 11.6. The maximum atomic E-state index is 6.57. The van der Waals surface area contributed by atoms with Gasteiger partial charge in [-0.05, 0) is 24.7 Å². The van der Waals surface area contributed by atoms with Crippen molar-refractivity contribution < 1.29 is 9.47 Å². The van der Waals surface area contributed by atoms with Crippen molar-refractivity contribution >= 4 is 0 Å². The quantitative estimate of drug-likeness (QED) is 0.180. The Morgan fingerprint density at radius 2 is 1.15 bits per heavy atom. The predicted octanol–water partition coefficient (Wildman–Crippen LogP) is 7.99. The standard InChI is InChI=1S/C24H50O2/c1-8-11-12-13-14-15-17-23(16-9-2)24(18-10-3,25-19-21(4)5)26-20-22(6)7/h21-23H,8-20H2,1-7H3. The van der Waals surface area contributed by atoms with Crippen molar-refractivity contribution in [2.45, 2.75) is 125 Å². The van der Waals surface area contributed by atoms with E-state index in [0.29, 0.717) is 17.8 Å². The highest BCUT2D eigenvalue weighted by Gasteiger charge is 2.39. The van der Waals surface area contributed by atoms with Crippen LogP contribution in [-0.4, -0.2) is 19.0 Å². The molecule has 1 atom stereocenters. The second-order valence-electron chi connectivity index (χ2n) is 9.01. The van der Waals surface area contributed by atoms with E-state index in [1.165, 1.54) is 57.8 Å².